The van der Waals surface area contributed by atoms with Crippen LogP contribution in [0.1, 0.15) is 37.0 Å². The lowest BCUT2D eigenvalue weighted by Gasteiger charge is -2.24. The Balaban J connectivity index is 2.00. The van der Waals surface area contributed by atoms with Gasteiger partial charge in [0, 0.05) is 25.3 Å². The molecule has 0 saturated carbocycles. The predicted molar refractivity (Wildman–Crippen MR) is 98.4 cm³/mol. The first-order valence-corrected chi connectivity index (χ1v) is 8.75. The van der Waals surface area contributed by atoms with Crippen LogP contribution in [0, 0.1) is 0 Å². The molecule has 0 fully saturated rings. The number of aromatic nitrogens is 2. The van der Waals surface area contributed by atoms with Crippen molar-refractivity contribution in [2.24, 2.45) is 0 Å². The summed E-state index contributed by atoms with van der Waals surface area (Å²) in [4.78, 5) is 23.4. The molecule has 1 amide bonds. The van der Waals surface area contributed by atoms with Crippen molar-refractivity contribution in [1.29, 1.82) is 0 Å². The highest BCUT2D eigenvalue weighted by atomic mass is 35.5. The molecule has 1 unspecified atom stereocenters. The summed E-state index contributed by atoms with van der Waals surface area (Å²) in [6, 6.07) is 3.06. The minimum Gasteiger partial charge on any atom is -0.434 e. The number of fused-ring (bicyclic) bond motifs is 1. The molecule has 2 aromatic rings. The van der Waals surface area contributed by atoms with E-state index in [0.29, 0.717) is 23.2 Å². The zero-order valence-electron chi connectivity index (χ0n) is 14.2. The number of halogens is 2. The lowest BCUT2D eigenvalue weighted by molar-refractivity contribution is -0.114. The molecular formula is C17H17Cl2N3O4. The molecule has 1 aliphatic rings. The summed E-state index contributed by atoms with van der Waals surface area (Å²) in [6.45, 7) is 1.38. The standard InChI is InChI=1S/C17H17Cl2N3O4/c1-8(23)20-9-6-11(18)15(12(19)7-9)26-17-10-4-3-5-13(25-2)14(10)16(24)21-22-17/h6-7,13H,3-5H2,1-2H3,(H,20,23)(H,21,24). The second-order valence-corrected chi connectivity index (χ2v) is 6.73. The third kappa shape index (κ3) is 3.70. The van der Waals surface area contributed by atoms with Crippen LogP contribution in [0.15, 0.2) is 16.9 Å². The average molecular weight is 398 g/mol. The highest BCUT2D eigenvalue weighted by Gasteiger charge is 2.28. The summed E-state index contributed by atoms with van der Waals surface area (Å²) in [5, 5.41) is 9.47. The van der Waals surface area contributed by atoms with Gasteiger partial charge in [0.15, 0.2) is 5.75 Å². The minimum absolute atomic E-state index is 0.198. The average Bonchev–Trinajstić information content (AvgIpc) is 2.58. The number of amides is 1. The fraction of sp³-hybridized carbons (Fsp3) is 0.353. The fourth-order valence-electron chi connectivity index (χ4n) is 3.02. The van der Waals surface area contributed by atoms with Crippen LogP contribution >= 0.6 is 23.2 Å². The van der Waals surface area contributed by atoms with Crippen molar-refractivity contribution in [2.75, 3.05) is 12.4 Å². The van der Waals surface area contributed by atoms with E-state index in [1.54, 1.807) is 7.11 Å². The summed E-state index contributed by atoms with van der Waals surface area (Å²) in [5.74, 6) is 0.189. The molecule has 26 heavy (non-hydrogen) atoms. The number of hydrogen-bond donors (Lipinski definition) is 2. The first-order valence-electron chi connectivity index (χ1n) is 7.99. The number of nitrogens with zero attached hydrogens (tertiary/aromatic N) is 1. The van der Waals surface area contributed by atoms with Gasteiger partial charge in [0.1, 0.15) is 0 Å². The number of carbonyl (C=O) groups is 1. The molecule has 1 heterocycles. The first-order chi connectivity index (χ1) is 12.4. The van der Waals surface area contributed by atoms with Crippen LogP contribution in [0.2, 0.25) is 10.0 Å². The van der Waals surface area contributed by atoms with E-state index in [1.165, 1.54) is 19.1 Å². The highest BCUT2D eigenvalue weighted by molar-refractivity contribution is 6.37. The number of H-pyrrole nitrogens is 1. The highest BCUT2D eigenvalue weighted by Crippen LogP contribution is 2.41. The van der Waals surface area contributed by atoms with Gasteiger partial charge in [-0.05, 0) is 31.4 Å². The van der Waals surface area contributed by atoms with E-state index in [2.05, 4.69) is 15.5 Å². The van der Waals surface area contributed by atoms with Gasteiger partial charge >= 0.3 is 0 Å². The minimum atomic E-state index is -0.305. The van der Waals surface area contributed by atoms with Crippen LogP contribution in [-0.2, 0) is 16.0 Å². The second kappa shape index (κ2) is 7.65. The Morgan fingerprint density at radius 3 is 2.65 bits per heavy atom. The molecule has 1 aromatic heterocycles. The van der Waals surface area contributed by atoms with Crippen molar-refractivity contribution in [2.45, 2.75) is 32.3 Å². The predicted octanol–water partition coefficient (Wildman–Crippen LogP) is 3.85. The van der Waals surface area contributed by atoms with Gasteiger partial charge in [-0.1, -0.05) is 23.2 Å². The van der Waals surface area contributed by atoms with Crippen LogP contribution < -0.4 is 15.6 Å². The number of nitrogens with one attached hydrogen (secondary N) is 2. The Morgan fingerprint density at radius 1 is 1.35 bits per heavy atom. The van der Waals surface area contributed by atoms with Crippen LogP contribution in [0.5, 0.6) is 11.6 Å². The van der Waals surface area contributed by atoms with E-state index in [0.717, 1.165) is 12.8 Å². The van der Waals surface area contributed by atoms with E-state index < -0.39 is 0 Å². The van der Waals surface area contributed by atoms with Crippen molar-refractivity contribution in [3.8, 4) is 11.6 Å². The van der Waals surface area contributed by atoms with E-state index in [1.807, 2.05) is 0 Å². The van der Waals surface area contributed by atoms with Gasteiger partial charge in [-0.3, -0.25) is 9.59 Å². The molecule has 3 rings (SSSR count). The molecule has 0 bridgehead atoms. The molecule has 1 atom stereocenters. The first kappa shape index (κ1) is 18.7. The van der Waals surface area contributed by atoms with E-state index in [4.69, 9.17) is 32.7 Å². The zero-order chi connectivity index (χ0) is 18.8. The Bertz CT molecular complexity index is 890. The molecule has 0 saturated heterocycles. The van der Waals surface area contributed by atoms with Gasteiger partial charge < -0.3 is 14.8 Å². The number of ether oxygens (including phenoxy) is 2. The van der Waals surface area contributed by atoms with Gasteiger partial charge in [-0.2, -0.15) is 0 Å². The molecule has 2 N–H and O–H groups in total. The molecule has 9 heteroatoms. The normalized spacial score (nSPS) is 16.1. The van der Waals surface area contributed by atoms with Crippen LogP contribution in [0.4, 0.5) is 5.69 Å². The maximum absolute atomic E-state index is 12.2. The van der Waals surface area contributed by atoms with Crippen LogP contribution in [-0.4, -0.2) is 23.2 Å². The summed E-state index contributed by atoms with van der Waals surface area (Å²) < 4.78 is 11.2. The zero-order valence-corrected chi connectivity index (χ0v) is 15.7. The van der Waals surface area contributed by atoms with Crippen LogP contribution in [0.3, 0.4) is 0 Å². The van der Waals surface area contributed by atoms with Gasteiger partial charge in [-0.15, -0.1) is 5.10 Å². The van der Waals surface area contributed by atoms with E-state index in [9.17, 15) is 9.59 Å². The number of hydrogen-bond acceptors (Lipinski definition) is 5. The third-order valence-corrected chi connectivity index (χ3v) is 4.67. The van der Waals surface area contributed by atoms with Gasteiger partial charge in [0.05, 0.1) is 21.7 Å². The Labute approximate surface area is 159 Å². The lowest BCUT2D eigenvalue weighted by atomic mass is 9.91. The third-order valence-electron chi connectivity index (χ3n) is 4.10. The summed E-state index contributed by atoms with van der Waals surface area (Å²) >= 11 is 12.5. The smallest absolute Gasteiger partial charge is 0.270 e. The monoisotopic (exact) mass is 397 g/mol. The molecule has 138 valence electrons. The van der Waals surface area contributed by atoms with Gasteiger partial charge in [0.2, 0.25) is 11.8 Å². The molecule has 0 aliphatic heterocycles. The van der Waals surface area contributed by atoms with Crippen molar-refractivity contribution in [1.82, 2.24) is 10.2 Å². The molecule has 1 aromatic carbocycles. The van der Waals surface area contributed by atoms with Gasteiger partial charge in [-0.25, -0.2) is 5.10 Å². The Kier molecular flexibility index (Phi) is 5.50. The number of benzene rings is 1. The SMILES string of the molecule is COC1CCCc2c(Oc3c(Cl)cc(NC(C)=O)cc3Cl)n[nH]c(=O)c21. The van der Waals surface area contributed by atoms with E-state index in [-0.39, 0.29) is 39.2 Å². The topological polar surface area (TPSA) is 93.3 Å². The number of carbonyl (C=O) groups excluding carboxylic acids is 1. The number of rotatable bonds is 4. The largest absolute Gasteiger partial charge is 0.434 e. The van der Waals surface area contributed by atoms with Crippen molar-refractivity contribution in [3.63, 3.8) is 0 Å². The van der Waals surface area contributed by atoms with Crippen molar-refractivity contribution in [3.05, 3.63) is 43.7 Å². The van der Waals surface area contributed by atoms with Crippen LogP contribution in [0.25, 0.3) is 0 Å². The summed E-state index contributed by atoms with van der Waals surface area (Å²) in [5.41, 5.74) is 1.36. The molecular weight excluding hydrogens is 381 g/mol. The molecule has 0 radical (unpaired) electrons. The Hall–Kier alpha value is -2.09. The number of methoxy groups -OCH3 is 1. The van der Waals surface area contributed by atoms with Crippen molar-refractivity contribution >= 4 is 34.8 Å². The van der Waals surface area contributed by atoms with Crippen molar-refractivity contribution < 1.29 is 14.3 Å². The second-order valence-electron chi connectivity index (χ2n) is 5.92. The fourth-order valence-corrected chi connectivity index (χ4v) is 3.59. The quantitative estimate of drug-likeness (QED) is 0.816. The van der Waals surface area contributed by atoms with E-state index >= 15 is 0 Å². The van der Waals surface area contributed by atoms with Gasteiger partial charge in [0.25, 0.3) is 5.56 Å². The Morgan fingerprint density at radius 2 is 2.04 bits per heavy atom. The lowest BCUT2D eigenvalue weighted by Crippen LogP contribution is -2.25. The maximum atomic E-state index is 12.2. The number of aromatic amines is 1. The molecule has 0 spiro atoms. The molecule has 1 aliphatic carbocycles. The summed E-state index contributed by atoms with van der Waals surface area (Å²) in [6.07, 6.45) is 1.93. The summed E-state index contributed by atoms with van der Waals surface area (Å²) in [7, 11) is 1.56. The number of anilines is 1. The molecule has 7 nitrogen and oxygen atoms in total. The maximum Gasteiger partial charge on any atom is 0.270 e.